The molecule has 30 heavy (non-hydrogen) atoms. The quantitative estimate of drug-likeness (QED) is 0.382. The second-order valence-electron chi connectivity index (χ2n) is 6.55. The number of hydrogen-bond acceptors (Lipinski definition) is 6. The van der Waals surface area contributed by atoms with E-state index in [2.05, 4.69) is 0 Å². The van der Waals surface area contributed by atoms with Crippen molar-refractivity contribution in [2.24, 2.45) is 0 Å². The number of hydrogen-bond donors (Lipinski definition) is 0. The summed E-state index contributed by atoms with van der Waals surface area (Å²) in [6, 6.07) is 12.5. The Morgan fingerprint density at radius 1 is 1.17 bits per heavy atom. The summed E-state index contributed by atoms with van der Waals surface area (Å²) in [6.07, 6.45) is 1.57. The molecule has 0 aliphatic rings. The van der Waals surface area contributed by atoms with Gasteiger partial charge in [-0.05, 0) is 42.8 Å². The number of fused-ring (bicyclic) bond motifs is 1. The zero-order chi connectivity index (χ0) is 21.3. The van der Waals surface area contributed by atoms with Crippen LogP contribution in [-0.2, 0) is 6.54 Å². The van der Waals surface area contributed by atoms with Gasteiger partial charge in [0.25, 0.3) is 5.91 Å². The average molecular weight is 443 g/mol. The maximum absolute atomic E-state index is 13.6. The van der Waals surface area contributed by atoms with Crippen LogP contribution in [0.1, 0.15) is 21.7 Å². The van der Waals surface area contributed by atoms with Gasteiger partial charge in [0.05, 0.1) is 47.8 Å². The van der Waals surface area contributed by atoms with Crippen LogP contribution in [0.2, 0.25) is 5.02 Å². The molecule has 0 unspecified atom stereocenters. The lowest BCUT2D eigenvalue weighted by Gasteiger charge is -2.20. The van der Waals surface area contributed by atoms with Crippen molar-refractivity contribution in [3.8, 4) is 11.5 Å². The first kappa shape index (κ1) is 20.3. The Balaban J connectivity index is 1.85. The molecule has 0 atom stereocenters. The number of furan rings is 1. The van der Waals surface area contributed by atoms with E-state index in [1.165, 1.54) is 25.6 Å². The lowest BCUT2D eigenvalue weighted by atomic mass is 10.1. The number of anilines is 1. The van der Waals surface area contributed by atoms with Gasteiger partial charge in [0.15, 0.2) is 16.6 Å². The molecule has 0 fully saturated rings. The maximum Gasteiger partial charge on any atom is 0.264 e. The summed E-state index contributed by atoms with van der Waals surface area (Å²) >= 11 is 7.75. The van der Waals surface area contributed by atoms with Crippen LogP contribution < -0.4 is 14.4 Å². The van der Waals surface area contributed by atoms with Gasteiger partial charge in [0.2, 0.25) is 0 Å². The van der Waals surface area contributed by atoms with Gasteiger partial charge < -0.3 is 13.9 Å². The minimum atomic E-state index is -0.282. The van der Waals surface area contributed by atoms with E-state index in [1.807, 2.05) is 25.1 Å². The van der Waals surface area contributed by atoms with E-state index in [0.29, 0.717) is 33.0 Å². The van der Waals surface area contributed by atoms with E-state index >= 15 is 0 Å². The predicted molar refractivity (Wildman–Crippen MR) is 118 cm³/mol. The fraction of sp³-hybridized carbons (Fsp3) is 0.182. The lowest BCUT2D eigenvalue weighted by molar-refractivity contribution is 0.0979. The summed E-state index contributed by atoms with van der Waals surface area (Å²) in [5.74, 6) is 1.19. The van der Waals surface area contributed by atoms with Crippen LogP contribution in [0.4, 0.5) is 5.13 Å². The summed E-state index contributed by atoms with van der Waals surface area (Å²) in [7, 11) is 3.04. The number of benzene rings is 2. The SMILES string of the molecule is COc1cccc(C(=O)N(Cc2ccco2)c2nc3c(C)ccc(Cl)c3s2)c1OC. The Kier molecular flexibility index (Phi) is 5.65. The number of carbonyl (C=O) groups is 1. The highest BCUT2D eigenvalue weighted by atomic mass is 35.5. The molecule has 154 valence electrons. The number of para-hydroxylation sites is 1. The van der Waals surface area contributed by atoms with Gasteiger partial charge in [-0.25, -0.2) is 4.98 Å². The van der Waals surface area contributed by atoms with Crippen LogP contribution in [0, 0.1) is 6.92 Å². The zero-order valence-corrected chi connectivity index (χ0v) is 18.2. The largest absolute Gasteiger partial charge is 0.493 e. The smallest absolute Gasteiger partial charge is 0.264 e. The highest BCUT2D eigenvalue weighted by Gasteiger charge is 2.27. The third-order valence-electron chi connectivity index (χ3n) is 4.69. The fourth-order valence-corrected chi connectivity index (χ4v) is 4.51. The Labute approximate surface area is 182 Å². The van der Waals surface area contributed by atoms with Crippen molar-refractivity contribution >= 4 is 44.2 Å². The van der Waals surface area contributed by atoms with Crippen molar-refractivity contribution in [1.29, 1.82) is 0 Å². The Morgan fingerprint density at radius 2 is 2.00 bits per heavy atom. The molecule has 6 nitrogen and oxygen atoms in total. The first-order chi connectivity index (χ1) is 14.5. The molecule has 2 heterocycles. The molecule has 0 N–H and O–H groups in total. The van der Waals surface area contributed by atoms with E-state index in [4.69, 9.17) is 30.5 Å². The minimum absolute atomic E-state index is 0.211. The highest BCUT2D eigenvalue weighted by molar-refractivity contribution is 7.23. The third kappa shape index (κ3) is 3.62. The van der Waals surface area contributed by atoms with Gasteiger partial charge in [0, 0.05) is 0 Å². The molecule has 0 aliphatic heterocycles. The topological polar surface area (TPSA) is 64.8 Å². The summed E-state index contributed by atoms with van der Waals surface area (Å²) < 4.78 is 17.2. The number of aryl methyl sites for hydroxylation is 1. The van der Waals surface area contributed by atoms with Gasteiger partial charge in [-0.2, -0.15) is 0 Å². The van der Waals surface area contributed by atoms with Gasteiger partial charge >= 0.3 is 0 Å². The number of carbonyl (C=O) groups excluding carboxylic acids is 1. The van der Waals surface area contributed by atoms with Crippen LogP contribution in [-0.4, -0.2) is 25.1 Å². The normalized spacial score (nSPS) is 10.9. The molecule has 0 saturated carbocycles. The molecule has 0 bridgehead atoms. The molecule has 0 spiro atoms. The average Bonchev–Trinajstić information content (AvgIpc) is 3.44. The predicted octanol–water partition coefficient (Wildman–Crippen LogP) is 5.72. The van der Waals surface area contributed by atoms with Crippen molar-refractivity contribution in [2.45, 2.75) is 13.5 Å². The van der Waals surface area contributed by atoms with E-state index in [1.54, 1.807) is 35.4 Å². The summed E-state index contributed by atoms with van der Waals surface area (Å²) in [5, 5.41) is 1.12. The van der Waals surface area contributed by atoms with Crippen LogP contribution in [0.25, 0.3) is 10.2 Å². The molecule has 8 heteroatoms. The number of rotatable bonds is 6. The number of methoxy groups -OCH3 is 2. The number of amides is 1. The Hall–Kier alpha value is -3.03. The second-order valence-corrected chi connectivity index (χ2v) is 7.93. The summed E-state index contributed by atoms with van der Waals surface area (Å²) in [4.78, 5) is 19.9. The molecule has 2 aromatic carbocycles. The molecule has 2 aromatic heterocycles. The standard InChI is InChI=1S/C22H19ClN2O4S/c1-13-9-10-16(23)20-18(13)24-22(30-20)25(12-14-6-5-11-29-14)21(26)15-7-4-8-17(27-2)19(15)28-3/h4-11H,12H2,1-3H3. The van der Waals surface area contributed by atoms with E-state index in [0.717, 1.165) is 15.8 Å². The number of ether oxygens (including phenoxy) is 2. The first-order valence-electron chi connectivity index (χ1n) is 9.14. The van der Waals surface area contributed by atoms with Crippen molar-refractivity contribution in [3.63, 3.8) is 0 Å². The number of thiazole rings is 1. The fourth-order valence-electron chi connectivity index (χ4n) is 3.19. The number of nitrogens with zero attached hydrogens (tertiary/aromatic N) is 2. The maximum atomic E-state index is 13.6. The Bertz CT molecular complexity index is 1160. The van der Waals surface area contributed by atoms with Crippen LogP contribution in [0.3, 0.4) is 0 Å². The third-order valence-corrected chi connectivity index (χ3v) is 6.23. The van der Waals surface area contributed by atoms with E-state index in [-0.39, 0.29) is 12.5 Å². The summed E-state index contributed by atoms with van der Waals surface area (Å²) in [5.41, 5.74) is 2.13. The number of aromatic nitrogens is 1. The van der Waals surface area contributed by atoms with Crippen molar-refractivity contribution in [1.82, 2.24) is 4.98 Å². The first-order valence-corrected chi connectivity index (χ1v) is 10.3. The second kappa shape index (κ2) is 8.38. The van der Waals surface area contributed by atoms with Crippen LogP contribution in [0.5, 0.6) is 11.5 Å². The summed E-state index contributed by atoms with van der Waals surface area (Å²) in [6.45, 7) is 2.18. The lowest BCUT2D eigenvalue weighted by Crippen LogP contribution is -2.30. The number of halogens is 1. The monoisotopic (exact) mass is 442 g/mol. The molecular weight excluding hydrogens is 424 g/mol. The molecule has 0 aliphatic carbocycles. The molecular formula is C22H19ClN2O4S. The zero-order valence-electron chi connectivity index (χ0n) is 16.6. The van der Waals surface area contributed by atoms with Crippen LogP contribution in [0.15, 0.2) is 53.1 Å². The molecule has 0 saturated heterocycles. The van der Waals surface area contributed by atoms with Crippen molar-refractivity contribution < 1.29 is 18.7 Å². The van der Waals surface area contributed by atoms with Gasteiger partial charge in [-0.1, -0.05) is 35.1 Å². The Morgan fingerprint density at radius 3 is 2.67 bits per heavy atom. The van der Waals surface area contributed by atoms with Gasteiger partial charge in [-0.3, -0.25) is 9.69 Å². The molecule has 1 amide bonds. The van der Waals surface area contributed by atoms with E-state index in [9.17, 15) is 4.79 Å². The van der Waals surface area contributed by atoms with E-state index < -0.39 is 0 Å². The highest BCUT2D eigenvalue weighted by Crippen LogP contribution is 2.38. The minimum Gasteiger partial charge on any atom is -0.493 e. The van der Waals surface area contributed by atoms with Crippen LogP contribution >= 0.6 is 22.9 Å². The molecule has 4 rings (SSSR count). The molecule has 4 aromatic rings. The van der Waals surface area contributed by atoms with Crippen molar-refractivity contribution in [2.75, 3.05) is 19.1 Å². The van der Waals surface area contributed by atoms with Gasteiger partial charge in [-0.15, -0.1) is 0 Å². The van der Waals surface area contributed by atoms with Crippen molar-refractivity contribution in [3.05, 3.63) is 70.6 Å². The van der Waals surface area contributed by atoms with Gasteiger partial charge in [0.1, 0.15) is 5.76 Å². The molecule has 0 radical (unpaired) electrons.